The molecular formula is C27H33ClN6O. The fourth-order valence-electron chi connectivity index (χ4n) is 5.77. The van der Waals surface area contributed by atoms with Crippen molar-refractivity contribution in [3.05, 3.63) is 58.9 Å². The molecule has 3 aromatic rings. The average molecular weight is 493 g/mol. The van der Waals surface area contributed by atoms with Crippen molar-refractivity contribution in [1.82, 2.24) is 20.2 Å². The summed E-state index contributed by atoms with van der Waals surface area (Å²) in [5.74, 6) is 0. The van der Waals surface area contributed by atoms with Gasteiger partial charge in [0.15, 0.2) is 0 Å². The van der Waals surface area contributed by atoms with Gasteiger partial charge in [-0.1, -0.05) is 17.7 Å². The van der Waals surface area contributed by atoms with E-state index >= 15 is 0 Å². The minimum atomic E-state index is 0.142. The lowest BCUT2D eigenvalue weighted by Gasteiger charge is -2.41. The number of aromatic nitrogens is 2. The summed E-state index contributed by atoms with van der Waals surface area (Å²) >= 11 is 6.39. The molecule has 0 bridgehead atoms. The molecule has 0 radical (unpaired) electrons. The van der Waals surface area contributed by atoms with E-state index < -0.39 is 0 Å². The lowest BCUT2D eigenvalue weighted by Crippen LogP contribution is -2.51. The molecule has 0 aliphatic carbocycles. The van der Waals surface area contributed by atoms with Gasteiger partial charge in [0.25, 0.3) is 0 Å². The molecule has 0 unspecified atom stereocenters. The zero-order valence-electron chi connectivity index (χ0n) is 20.3. The van der Waals surface area contributed by atoms with Crippen molar-refractivity contribution in [2.75, 3.05) is 62.2 Å². The molecule has 3 aliphatic heterocycles. The van der Waals surface area contributed by atoms with E-state index in [9.17, 15) is 0 Å². The molecule has 184 valence electrons. The van der Waals surface area contributed by atoms with E-state index in [1.54, 1.807) is 12.4 Å². The van der Waals surface area contributed by atoms with Crippen LogP contribution in [0, 0.1) is 0 Å². The molecule has 6 rings (SSSR count). The van der Waals surface area contributed by atoms with Gasteiger partial charge in [0, 0.05) is 77.0 Å². The van der Waals surface area contributed by atoms with Gasteiger partial charge in [-0.3, -0.25) is 14.9 Å². The van der Waals surface area contributed by atoms with Crippen molar-refractivity contribution < 1.29 is 4.74 Å². The van der Waals surface area contributed by atoms with Gasteiger partial charge in [0.05, 0.1) is 22.9 Å². The van der Waals surface area contributed by atoms with Crippen LogP contribution in [-0.4, -0.2) is 79.4 Å². The van der Waals surface area contributed by atoms with Crippen molar-refractivity contribution >= 4 is 34.0 Å². The number of nitrogens with one attached hydrogen (secondary N) is 1. The molecule has 8 heteroatoms. The molecule has 7 nitrogen and oxygen atoms in total. The summed E-state index contributed by atoms with van der Waals surface area (Å²) in [6.45, 7) is 11.1. The van der Waals surface area contributed by atoms with Crippen LogP contribution < -0.4 is 15.1 Å². The van der Waals surface area contributed by atoms with E-state index in [1.807, 2.05) is 6.07 Å². The molecule has 2 saturated heterocycles. The van der Waals surface area contributed by atoms with Gasteiger partial charge in [-0.05, 0) is 48.7 Å². The molecule has 4 heterocycles. The van der Waals surface area contributed by atoms with Crippen molar-refractivity contribution in [1.29, 1.82) is 0 Å². The molecule has 3 aliphatic rings. The van der Waals surface area contributed by atoms with Crippen LogP contribution in [0.4, 0.5) is 11.4 Å². The maximum Gasteiger partial charge on any atom is 0.113 e. The van der Waals surface area contributed by atoms with E-state index in [2.05, 4.69) is 61.2 Å². The van der Waals surface area contributed by atoms with Crippen LogP contribution in [0.15, 0.2) is 42.7 Å². The minimum Gasteiger partial charge on any atom is -0.370 e. The number of hydrogen-bond donors (Lipinski definition) is 1. The SMILES string of the molecule is C[C@@H]1CN(c2ccc(Cl)c3nccnc23)C[C@H](CN2CCc3cc(N4CCNCC4)ccc3C2)O1. The smallest absolute Gasteiger partial charge is 0.113 e. The van der Waals surface area contributed by atoms with Crippen LogP contribution in [0.25, 0.3) is 11.0 Å². The molecule has 2 fully saturated rings. The summed E-state index contributed by atoms with van der Waals surface area (Å²) in [6, 6.07) is 11.1. The van der Waals surface area contributed by atoms with Crippen LogP contribution in [0.1, 0.15) is 18.1 Å². The second-order valence-electron chi connectivity index (χ2n) is 9.97. The topological polar surface area (TPSA) is 56.8 Å². The second kappa shape index (κ2) is 9.90. The quantitative estimate of drug-likeness (QED) is 0.599. The van der Waals surface area contributed by atoms with Gasteiger partial charge < -0.3 is 19.9 Å². The normalized spacial score (nSPS) is 23.5. The third kappa shape index (κ3) is 4.83. The maximum absolute atomic E-state index is 6.40. The van der Waals surface area contributed by atoms with Crippen molar-refractivity contribution in [3.63, 3.8) is 0 Å². The van der Waals surface area contributed by atoms with Crippen molar-refractivity contribution in [3.8, 4) is 0 Å². The van der Waals surface area contributed by atoms with E-state index in [4.69, 9.17) is 16.3 Å². The molecule has 2 atom stereocenters. The van der Waals surface area contributed by atoms with E-state index in [0.29, 0.717) is 5.02 Å². The third-order valence-electron chi connectivity index (χ3n) is 7.45. The highest BCUT2D eigenvalue weighted by Crippen LogP contribution is 2.32. The first-order valence-corrected chi connectivity index (χ1v) is 13.1. The summed E-state index contributed by atoms with van der Waals surface area (Å²) in [7, 11) is 0. The molecular weight excluding hydrogens is 460 g/mol. The first-order chi connectivity index (χ1) is 17.1. The van der Waals surface area contributed by atoms with Crippen molar-refractivity contribution in [2.45, 2.75) is 32.1 Å². The Kier molecular flexibility index (Phi) is 6.50. The van der Waals surface area contributed by atoms with E-state index in [-0.39, 0.29) is 12.2 Å². The highest BCUT2D eigenvalue weighted by molar-refractivity contribution is 6.35. The Labute approximate surface area is 212 Å². The number of rotatable bonds is 4. The number of halogens is 1. The number of hydrogen-bond acceptors (Lipinski definition) is 7. The van der Waals surface area contributed by atoms with Gasteiger partial charge in [0.2, 0.25) is 0 Å². The third-order valence-corrected chi connectivity index (χ3v) is 7.75. The summed E-state index contributed by atoms with van der Waals surface area (Å²) in [4.78, 5) is 16.5. The van der Waals surface area contributed by atoms with Gasteiger partial charge in [0.1, 0.15) is 11.0 Å². The largest absolute Gasteiger partial charge is 0.370 e. The first kappa shape index (κ1) is 23.0. The van der Waals surface area contributed by atoms with Gasteiger partial charge in [-0.15, -0.1) is 0 Å². The first-order valence-electron chi connectivity index (χ1n) is 12.7. The van der Waals surface area contributed by atoms with Crippen LogP contribution in [0.3, 0.4) is 0 Å². The number of anilines is 2. The summed E-state index contributed by atoms with van der Waals surface area (Å²) in [5, 5.41) is 4.08. The fraction of sp³-hybridized carbons (Fsp3) is 0.481. The predicted molar refractivity (Wildman–Crippen MR) is 142 cm³/mol. The number of fused-ring (bicyclic) bond motifs is 2. The lowest BCUT2D eigenvalue weighted by atomic mass is 9.98. The van der Waals surface area contributed by atoms with Gasteiger partial charge >= 0.3 is 0 Å². The van der Waals surface area contributed by atoms with Crippen LogP contribution in [-0.2, 0) is 17.7 Å². The lowest BCUT2D eigenvalue weighted by molar-refractivity contribution is -0.0339. The summed E-state index contributed by atoms with van der Waals surface area (Å²) in [6.07, 6.45) is 4.82. The number of ether oxygens (including phenoxy) is 1. The molecule has 2 aromatic carbocycles. The number of nitrogens with zero attached hydrogens (tertiary/aromatic N) is 5. The Morgan fingerprint density at radius 1 is 0.971 bits per heavy atom. The molecule has 0 amide bonds. The molecule has 35 heavy (non-hydrogen) atoms. The zero-order valence-corrected chi connectivity index (χ0v) is 21.0. The summed E-state index contributed by atoms with van der Waals surface area (Å²) in [5.41, 5.74) is 7.03. The Balaban J connectivity index is 1.14. The van der Waals surface area contributed by atoms with Crippen LogP contribution >= 0.6 is 11.6 Å². The Hall–Kier alpha value is -2.45. The average Bonchev–Trinajstić information content (AvgIpc) is 2.89. The van der Waals surface area contributed by atoms with Crippen molar-refractivity contribution in [2.24, 2.45) is 0 Å². The number of piperazine rings is 1. The Bertz CT molecular complexity index is 1200. The molecule has 1 aromatic heterocycles. The van der Waals surface area contributed by atoms with Crippen LogP contribution in [0.5, 0.6) is 0 Å². The van der Waals surface area contributed by atoms with Gasteiger partial charge in [-0.25, -0.2) is 0 Å². The zero-order chi connectivity index (χ0) is 23.8. The standard InChI is InChI=1S/C27H33ClN6O/c1-19-15-34(25-5-4-24(28)26-27(25)31-8-7-30-26)18-23(35-19)17-32-11-6-20-14-22(3-2-21(20)16-32)33-12-9-29-10-13-33/h2-5,7-8,14,19,23,29H,6,9-13,15-18H2,1H3/t19-,23+/m1/s1. The molecule has 1 N–H and O–H groups in total. The monoisotopic (exact) mass is 492 g/mol. The number of morpholine rings is 1. The van der Waals surface area contributed by atoms with E-state index in [1.165, 1.54) is 16.8 Å². The highest BCUT2D eigenvalue weighted by Gasteiger charge is 2.29. The summed E-state index contributed by atoms with van der Waals surface area (Å²) < 4.78 is 6.40. The van der Waals surface area contributed by atoms with E-state index in [0.717, 1.165) is 82.0 Å². The highest BCUT2D eigenvalue weighted by atomic mass is 35.5. The molecule has 0 saturated carbocycles. The predicted octanol–water partition coefficient (Wildman–Crippen LogP) is 3.34. The van der Waals surface area contributed by atoms with Crippen LogP contribution in [0.2, 0.25) is 5.02 Å². The Morgan fingerprint density at radius 2 is 1.80 bits per heavy atom. The minimum absolute atomic E-state index is 0.142. The second-order valence-corrected chi connectivity index (χ2v) is 10.4. The fourth-order valence-corrected chi connectivity index (χ4v) is 5.97. The Morgan fingerprint density at radius 3 is 2.66 bits per heavy atom. The van der Waals surface area contributed by atoms with Gasteiger partial charge in [-0.2, -0.15) is 0 Å². The molecule has 0 spiro atoms. The number of benzene rings is 2. The maximum atomic E-state index is 6.40.